The summed E-state index contributed by atoms with van der Waals surface area (Å²) in [5.74, 6) is 1.29. The lowest BCUT2D eigenvalue weighted by Crippen LogP contribution is -2.30. The highest BCUT2D eigenvalue weighted by Crippen LogP contribution is 2.23. The van der Waals surface area contributed by atoms with Crippen molar-refractivity contribution >= 4 is 11.5 Å². The molecule has 0 saturated carbocycles. The van der Waals surface area contributed by atoms with E-state index in [9.17, 15) is 4.79 Å². The number of anilines is 1. The van der Waals surface area contributed by atoms with Gasteiger partial charge in [-0.2, -0.15) is 9.61 Å². The van der Waals surface area contributed by atoms with Crippen molar-refractivity contribution in [3.63, 3.8) is 0 Å². The first-order valence-electron chi connectivity index (χ1n) is 6.10. The molecular formula is C11H16N6O. The molecule has 2 aromatic heterocycles. The van der Waals surface area contributed by atoms with E-state index in [1.54, 1.807) is 6.07 Å². The number of rotatable bonds is 2. The molecule has 0 amide bonds. The average Bonchev–Trinajstić information content (AvgIpc) is 2.96. The highest BCUT2D eigenvalue weighted by Gasteiger charge is 2.26. The van der Waals surface area contributed by atoms with E-state index < -0.39 is 0 Å². The summed E-state index contributed by atoms with van der Waals surface area (Å²) in [6, 6.07) is 3.87. The maximum atomic E-state index is 11.5. The summed E-state index contributed by atoms with van der Waals surface area (Å²) in [5.41, 5.74) is 6.14. The Balaban J connectivity index is 1.91. The largest absolute Gasteiger partial charge is 0.364 e. The van der Waals surface area contributed by atoms with E-state index in [-0.39, 0.29) is 11.7 Å². The molecular weight excluding hydrogens is 232 g/mol. The zero-order valence-corrected chi connectivity index (χ0v) is 10.2. The molecule has 0 spiro atoms. The molecule has 2 aromatic rings. The number of aromatic amines is 1. The molecule has 1 saturated heterocycles. The van der Waals surface area contributed by atoms with Gasteiger partial charge < -0.3 is 10.6 Å². The van der Waals surface area contributed by atoms with Crippen LogP contribution in [0.3, 0.4) is 0 Å². The lowest BCUT2D eigenvalue weighted by molar-refractivity contribution is 0.488. The number of H-pyrrole nitrogens is 1. The molecule has 3 rings (SSSR count). The minimum absolute atomic E-state index is 0.190. The molecule has 1 fully saturated rings. The van der Waals surface area contributed by atoms with Crippen LogP contribution in [0.2, 0.25) is 0 Å². The van der Waals surface area contributed by atoms with Crippen LogP contribution in [0.15, 0.2) is 16.9 Å². The van der Waals surface area contributed by atoms with Crippen LogP contribution in [-0.4, -0.2) is 38.9 Å². The van der Waals surface area contributed by atoms with Crippen LogP contribution < -0.4 is 16.3 Å². The second kappa shape index (κ2) is 4.09. The molecule has 0 radical (unpaired) electrons. The zero-order valence-electron chi connectivity index (χ0n) is 10.2. The summed E-state index contributed by atoms with van der Waals surface area (Å²) in [4.78, 5) is 13.6. The summed E-state index contributed by atoms with van der Waals surface area (Å²) < 4.78 is 1.29. The van der Waals surface area contributed by atoms with Crippen molar-refractivity contribution in [2.45, 2.75) is 19.4 Å². The predicted octanol–water partition coefficient (Wildman–Crippen LogP) is -0.409. The molecule has 2 atom stereocenters. The Morgan fingerprint density at radius 3 is 3.11 bits per heavy atom. The second-order valence-corrected chi connectivity index (χ2v) is 4.84. The Morgan fingerprint density at radius 2 is 2.39 bits per heavy atom. The topological polar surface area (TPSA) is 92.3 Å². The van der Waals surface area contributed by atoms with E-state index in [1.165, 1.54) is 4.52 Å². The second-order valence-electron chi connectivity index (χ2n) is 4.84. The van der Waals surface area contributed by atoms with Crippen molar-refractivity contribution in [2.24, 2.45) is 11.7 Å². The first kappa shape index (κ1) is 11.2. The third kappa shape index (κ3) is 1.76. The van der Waals surface area contributed by atoms with Gasteiger partial charge in [-0.1, -0.05) is 0 Å². The monoisotopic (exact) mass is 248 g/mol. The molecule has 7 nitrogen and oxygen atoms in total. The maximum Gasteiger partial charge on any atom is 0.364 e. The Labute approximate surface area is 104 Å². The quantitative estimate of drug-likeness (QED) is 0.754. The molecule has 1 aliphatic rings. The fraction of sp³-hybridized carbons (Fsp3) is 0.545. The molecule has 18 heavy (non-hydrogen) atoms. The molecule has 1 aliphatic heterocycles. The lowest BCUT2D eigenvalue weighted by Gasteiger charge is -2.18. The fourth-order valence-electron chi connectivity index (χ4n) is 2.39. The van der Waals surface area contributed by atoms with E-state index in [0.717, 1.165) is 25.3 Å². The van der Waals surface area contributed by atoms with Crippen molar-refractivity contribution in [2.75, 3.05) is 18.0 Å². The highest BCUT2D eigenvalue weighted by atomic mass is 16.2. The average molecular weight is 248 g/mol. The summed E-state index contributed by atoms with van der Waals surface area (Å²) in [6.07, 6.45) is 1.07. The molecule has 0 aliphatic carbocycles. The van der Waals surface area contributed by atoms with Crippen LogP contribution in [0.1, 0.15) is 13.3 Å². The standard InChI is InChI=1S/C11H16N6O/c1-7(12)8-4-5-16(6-8)10-3-2-9-13-14-11(18)17(9)15-10/h2-3,7-8H,4-6,12H2,1H3,(H,14,18). The van der Waals surface area contributed by atoms with E-state index in [2.05, 4.69) is 20.2 Å². The fourth-order valence-corrected chi connectivity index (χ4v) is 2.39. The number of hydrogen-bond acceptors (Lipinski definition) is 5. The van der Waals surface area contributed by atoms with E-state index >= 15 is 0 Å². The number of nitrogens with one attached hydrogen (secondary N) is 1. The van der Waals surface area contributed by atoms with Gasteiger partial charge in [-0.15, -0.1) is 5.10 Å². The first-order chi connectivity index (χ1) is 8.65. The van der Waals surface area contributed by atoms with Crippen molar-refractivity contribution in [1.82, 2.24) is 19.8 Å². The highest BCUT2D eigenvalue weighted by molar-refractivity contribution is 5.45. The van der Waals surface area contributed by atoms with Crippen LogP contribution >= 0.6 is 0 Å². The molecule has 2 unspecified atom stereocenters. The van der Waals surface area contributed by atoms with Crippen molar-refractivity contribution < 1.29 is 0 Å². The van der Waals surface area contributed by atoms with Crippen LogP contribution in [0.4, 0.5) is 5.82 Å². The smallest absolute Gasteiger partial charge is 0.355 e. The Bertz CT molecular complexity index is 615. The Hall–Kier alpha value is -1.89. The normalized spacial score (nSPS) is 21.7. The van der Waals surface area contributed by atoms with Gasteiger partial charge >= 0.3 is 5.69 Å². The van der Waals surface area contributed by atoms with Crippen LogP contribution in [0, 0.1) is 5.92 Å². The van der Waals surface area contributed by atoms with Gasteiger partial charge in [0.05, 0.1) is 0 Å². The number of hydrogen-bond donors (Lipinski definition) is 2. The molecule has 7 heteroatoms. The summed E-state index contributed by atoms with van der Waals surface area (Å²) >= 11 is 0. The number of aromatic nitrogens is 4. The van der Waals surface area contributed by atoms with Gasteiger partial charge in [-0.05, 0) is 31.4 Å². The maximum absolute atomic E-state index is 11.5. The number of nitrogens with zero attached hydrogens (tertiary/aromatic N) is 4. The Morgan fingerprint density at radius 1 is 1.56 bits per heavy atom. The molecule has 0 aromatic carbocycles. The van der Waals surface area contributed by atoms with E-state index in [4.69, 9.17) is 5.73 Å². The molecule has 3 heterocycles. The zero-order chi connectivity index (χ0) is 12.7. The minimum Gasteiger partial charge on any atom is -0.355 e. The molecule has 3 N–H and O–H groups in total. The summed E-state index contributed by atoms with van der Waals surface area (Å²) in [5, 5.41) is 10.5. The lowest BCUT2D eigenvalue weighted by atomic mass is 10.0. The van der Waals surface area contributed by atoms with Gasteiger partial charge in [-0.3, -0.25) is 0 Å². The van der Waals surface area contributed by atoms with Gasteiger partial charge in [0.25, 0.3) is 0 Å². The van der Waals surface area contributed by atoms with Crippen molar-refractivity contribution in [3.8, 4) is 0 Å². The predicted molar refractivity (Wildman–Crippen MR) is 67.6 cm³/mol. The molecule has 96 valence electrons. The summed E-state index contributed by atoms with van der Waals surface area (Å²) in [7, 11) is 0. The van der Waals surface area contributed by atoms with Crippen LogP contribution in [0.5, 0.6) is 0 Å². The van der Waals surface area contributed by atoms with Crippen molar-refractivity contribution in [3.05, 3.63) is 22.6 Å². The van der Waals surface area contributed by atoms with E-state index in [1.807, 2.05) is 13.0 Å². The van der Waals surface area contributed by atoms with Gasteiger partial charge in [0.1, 0.15) is 5.82 Å². The van der Waals surface area contributed by atoms with Gasteiger partial charge in [-0.25, -0.2) is 9.89 Å². The van der Waals surface area contributed by atoms with Gasteiger partial charge in [0.15, 0.2) is 5.65 Å². The van der Waals surface area contributed by atoms with Crippen molar-refractivity contribution in [1.29, 1.82) is 0 Å². The molecule has 0 bridgehead atoms. The van der Waals surface area contributed by atoms with Gasteiger partial charge in [0, 0.05) is 19.1 Å². The number of nitrogens with two attached hydrogens (primary N) is 1. The SMILES string of the molecule is CC(N)C1CCN(c2ccc3n[nH]c(=O)n3n2)C1. The first-order valence-corrected chi connectivity index (χ1v) is 6.10. The van der Waals surface area contributed by atoms with Crippen LogP contribution in [-0.2, 0) is 0 Å². The van der Waals surface area contributed by atoms with E-state index in [0.29, 0.717) is 11.6 Å². The summed E-state index contributed by atoms with van der Waals surface area (Å²) in [6.45, 7) is 3.85. The Kier molecular flexibility index (Phi) is 2.55. The van der Waals surface area contributed by atoms with Gasteiger partial charge in [0.2, 0.25) is 0 Å². The third-order valence-electron chi connectivity index (χ3n) is 3.55. The minimum atomic E-state index is -0.310. The number of fused-ring (bicyclic) bond motifs is 1. The third-order valence-corrected chi connectivity index (χ3v) is 3.55. The van der Waals surface area contributed by atoms with Crippen LogP contribution in [0.25, 0.3) is 5.65 Å².